The second-order valence-corrected chi connectivity index (χ2v) is 8.05. The first-order valence-electron chi connectivity index (χ1n) is 9.78. The normalized spacial score (nSPS) is 24.9. The van der Waals surface area contributed by atoms with E-state index in [4.69, 9.17) is 4.98 Å². The Morgan fingerprint density at radius 3 is 2.72 bits per heavy atom. The van der Waals surface area contributed by atoms with Crippen molar-refractivity contribution in [1.29, 1.82) is 0 Å². The summed E-state index contributed by atoms with van der Waals surface area (Å²) in [4.78, 5) is 4.72. The number of hydrogen-bond donors (Lipinski definition) is 0. The van der Waals surface area contributed by atoms with Crippen molar-refractivity contribution in [2.24, 2.45) is 11.8 Å². The molecule has 0 amide bonds. The number of rotatable bonds is 2. The van der Waals surface area contributed by atoms with E-state index in [1.165, 1.54) is 48.4 Å². The van der Waals surface area contributed by atoms with Gasteiger partial charge in [-0.05, 0) is 72.1 Å². The summed E-state index contributed by atoms with van der Waals surface area (Å²) in [5, 5.41) is 2.67. The van der Waals surface area contributed by atoms with Crippen LogP contribution in [0.1, 0.15) is 49.7 Å². The summed E-state index contributed by atoms with van der Waals surface area (Å²) in [6.07, 6.45) is 8.81. The molecule has 126 valence electrons. The zero-order chi connectivity index (χ0) is 16.8. The number of pyridine rings is 1. The molecule has 1 heteroatoms. The fourth-order valence-electron chi connectivity index (χ4n) is 5.30. The summed E-state index contributed by atoms with van der Waals surface area (Å²) in [7, 11) is 0. The SMILES string of the molecule is CCC1CC2Cc3cc4c(-c5ccccc5)nccc4cc3C(C1)C2. The Bertz CT molecular complexity index is 912. The van der Waals surface area contributed by atoms with Gasteiger partial charge in [0.25, 0.3) is 0 Å². The fourth-order valence-corrected chi connectivity index (χ4v) is 5.30. The molecular weight excluding hydrogens is 302 g/mol. The Balaban J connectivity index is 1.66. The van der Waals surface area contributed by atoms with Crippen LogP contribution < -0.4 is 0 Å². The number of fused-ring (bicyclic) bond motifs is 5. The highest BCUT2D eigenvalue weighted by Crippen LogP contribution is 2.48. The molecule has 1 fully saturated rings. The quantitative estimate of drug-likeness (QED) is 0.533. The van der Waals surface area contributed by atoms with Gasteiger partial charge >= 0.3 is 0 Å². The molecule has 1 heterocycles. The van der Waals surface area contributed by atoms with Crippen molar-refractivity contribution in [2.45, 2.75) is 44.9 Å². The number of hydrogen-bond acceptors (Lipinski definition) is 1. The number of benzene rings is 2. The lowest BCUT2D eigenvalue weighted by atomic mass is 9.65. The lowest BCUT2D eigenvalue weighted by molar-refractivity contribution is 0.217. The number of nitrogens with zero attached hydrogens (tertiary/aromatic N) is 1. The molecule has 2 aliphatic rings. The highest BCUT2D eigenvalue weighted by Gasteiger charge is 2.34. The van der Waals surface area contributed by atoms with Crippen molar-refractivity contribution in [3.63, 3.8) is 0 Å². The molecule has 1 nitrogen and oxygen atoms in total. The molecule has 2 aliphatic carbocycles. The third-order valence-corrected chi connectivity index (χ3v) is 6.50. The molecular formula is C24H25N. The van der Waals surface area contributed by atoms with Crippen molar-refractivity contribution >= 4 is 10.8 Å². The first-order chi connectivity index (χ1) is 12.3. The summed E-state index contributed by atoms with van der Waals surface area (Å²) < 4.78 is 0. The molecule has 2 bridgehead atoms. The van der Waals surface area contributed by atoms with Gasteiger partial charge in [-0.3, -0.25) is 4.98 Å². The van der Waals surface area contributed by atoms with E-state index in [9.17, 15) is 0 Å². The zero-order valence-corrected chi connectivity index (χ0v) is 14.9. The van der Waals surface area contributed by atoms with Crippen LogP contribution >= 0.6 is 0 Å². The average molecular weight is 327 g/mol. The Morgan fingerprint density at radius 2 is 1.88 bits per heavy atom. The van der Waals surface area contributed by atoms with Gasteiger partial charge in [0.2, 0.25) is 0 Å². The second kappa shape index (κ2) is 5.98. The van der Waals surface area contributed by atoms with E-state index in [2.05, 4.69) is 55.5 Å². The Hall–Kier alpha value is -2.15. The monoisotopic (exact) mass is 327 g/mol. The van der Waals surface area contributed by atoms with E-state index in [-0.39, 0.29) is 0 Å². The molecule has 3 atom stereocenters. The topological polar surface area (TPSA) is 12.9 Å². The van der Waals surface area contributed by atoms with Gasteiger partial charge in [-0.15, -0.1) is 0 Å². The van der Waals surface area contributed by atoms with Gasteiger partial charge in [0.1, 0.15) is 0 Å². The Labute approximate surface area is 150 Å². The minimum absolute atomic E-state index is 0.783. The molecule has 5 rings (SSSR count). The summed E-state index contributed by atoms with van der Waals surface area (Å²) in [6.45, 7) is 2.37. The van der Waals surface area contributed by atoms with Crippen LogP contribution in [0.25, 0.3) is 22.0 Å². The third kappa shape index (κ3) is 2.57. The molecule has 2 aromatic carbocycles. The van der Waals surface area contributed by atoms with Crippen molar-refractivity contribution in [1.82, 2.24) is 4.98 Å². The van der Waals surface area contributed by atoms with E-state index in [1.807, 2.05) is 6.20 Å². The van der Waals surface area contributed by atoms with Crippen LogP contribution in [0.2, 0.25) is 0 Å². The van der Waals surface area contributed by atoms with E-state index in [0.29, 0.717) is 0 Å². The van der Waals surface area contributed by atoms with Gasteiger partial charge in [0, 0.05) is 17.1 Å². The Morgan fingerprint density at radius 1 is 1.00 bits per heavy atom. The van der Waals surface area contributed by atoms with Gasteiger partial charge in [-0.25, -0.2) is 0 Å². The summed E-state index contributed by atoms with van der Waals surface area (Å²) in [6, 6.07) is 17.7. The van der Waals surface area contributed by atoms with Gasteiger partial charge in [0.15, 0.2) is 0 Å². The predicted molar refractivity (Wildman–Crippen MR) is 105 cm³/mol. The van der Waals surface area contributed by atoms with Gasteiger partial charge < -0.3 is 0 Å². The molecule has 25 heavy (non-hydrogen) atoms. The highest BCUT2D eigenvalue weighted by molar-refractivity contribution is 5.95. The van der Waals surface area contributed by atoms with Gasteiger partial charge in [-0.1, -0.05) is 49.7 Å². The smallest absolute Gasteiger partial charge is 0.0780 e. The predicted octanol–water partition coefficient (Wildman–Crippen LogP) is 6.37. The van der Waals surface area contributed by atoms with Crippen LogP contribution in [0.4, 0.5) is 0 Å². The lowest BCUT2D eigenvalue weighted by Gasteiger charge is -2.40. The van der Waals surface area contributed by atoms with E-state index < -0.39 is 0 Å². The summed E-state index contributed by atoms with van der Waals surface area (Å²) in [5.41, 5.74) is 5.57. The molecule has 1 aromatic heterocycles. The first kappa shape index (κ1) is 15.1. The van der Waals surface area contributed by atoms with Crippen LogP contribution in [0.15, 0.2) is 54.7 Å². The fraction of sp³-hybridized carbons (Fsp3) is 0.375. The summed E-state index contributed by atoms with van der Waals surface area (Å²) in [5.74, 6) is 2.61. The number of aromatic nitrogens is 1. The van der Waals surface area contributed by atoms with Crippen molar-refractivity contribution < 1.29 is 0 Å². The van der Waals surface area contributed by atoms with E-state index >= 15 is 0 Å². The summed E-state index contributed by atoms with van der Waals surface area (Å²) >= 11 is 0. The lowest BCUT2D eigenvalue weighted by Crippen LogP contribution is -2.28. The first-order valence-corrected chi connectivity index (χ1v) is 9.78. The molecule has 0 spiro atoms. The van der Waals surface area contributed by atoms with Crippen LogP contribution in [0.3, 0.4) is 0 Å². The van der Waals surface area contributed by atoms with E-state index in [1.54, 1.807) is 11.1 Å². The maximum absolute atomic E-state index is 4.72. The van der Waals surface area contributed by atoms with Crippen LogP contribution in [0.5, 0.6) is 0 Å². The molecule has 1 saturated carbocycles. The molecule has 0 radical (unpaired) electrons. The third-order valence-electron chi connectivity index (χ3n) is 6.50. The molecule has 0 saturated heterocycles. The minimum Gasteiger partial charge on any atom is -0.256 e. The van der Waals surface area contributed by atoms with Crippen LogP contribution in [0, 0.1) is 11.8 Å². The molecule has 0 N–H and O–H groups in total. The maximum atomic E-state index is 4.72. The molecule has 3 unspecified atom stereocenters. The molecule has 0 aliphatic heterocycles. The maximum Gasteiger partial charge on any atom is 0.0780 e. The molecule has 3 aromatic rings. The zero-order valence-electron chi connectivity index (χ0n) is 14.9. The minimum atomic E-state index is 0.783. The van der Waals surface area contributed by atoms with Crippen molar-refractivity contribution in [2.75, 3.05) is 0 Å². The van der Waals surface area contributed by atoms with E-state index in [0.717, 1.165) is 23.4 Å². The second-order valence-electron chi connectivity index (χ2n) is 8.05. The Kier molecular flexibility index (Phi) is 3.62. The van der Waals surface area contributed by atoms with Crippen molar-refractivity contribution in [3.05, 3.63) is 65.9 Å². The average Bonchev–Trinajstić information content (AvgIpc) is 2.67. The highest BCUT2D eigenvalue weighted by atomic mass is 14.7. The standard InChI is InChI=1S/C24H25N/c1-2-16-10-17-12-20(11-16)22-14-19-8-9-25-24(18-6-4-3-5-7-18)23(19)15-21(22)13-17/h3-9,14-17,20H,2,10-13H2,1H3. The van der Waals surface area contributed by atoms with Gasteiger partial charge in [0.05, 0.1) is 5.69 Å². The largest absolute Gasteiger partial charge is 0.256 e. The van der Waals surface area contributed by atoms with Crippen molar-refractivity contribution in [3.8, 4) is 11.3 Å². The van der Waals surface area contributed by atoms with Gasteiger partial charge in [-0.2, -0.15) is 0 Å². The van der Waals surface area contributed by atoms with Crippen LogP contribution in [-0.4, -0.2) is 4.98 Å². The van der Waals surface area contributed by atoms with Crippen LogP contribution in [-0.2, 0) is 6.42 Å².